The number of benzene rings is 3. The van der Waals surface area contributed by atoms with Gasteiger partial charge in [0.2, 0.25) is 6.10 Å². The Kier molecular flexibility index (Phi) is 8.52. The summed E-state index contributed by atoms with van der Waals surface area (Å²) in [6, 6.07) is 17.3. The van der Waals surface area contributed by atoms with Crippen LogP contribution in [-0.2, 0) is 9.63 Å². The summed E-state index contributed by atoms with van der Waals surface area (Å²) in [5.41, 5.74) is 2.00. The number of halogens is 2. The fourth-order valence-electron chi connectivity index (χ4n) is 3.11. The Morgan fingerprint density at radius 3 is 2.36 bits per heavy atom. The summed E-state index contributed by atoms with van der Waals surface area (Å²) in [5, 5.41) is 23.4. The van der Waals surface area contributed by atoms with Gasteiger partial charge in [0.25, 0.3) is 0 Å². The third kappa shape index (κ3) is 6.36. The van der Waals surface area contributed by atoms with Crippen LogP contribution in [0, 0.1) is 0 Å². The minimum Gasteiger partial charge on any atom is -0.508 e. The molecule has 3 aromatic rings. The first kappa shape index (κ1) is 24.8. The van der Waals surface area contributed by atoms with E-state index in [4.69, 9.17) is 9.57 Å². The van der Waals surface area contributed by atoms with Gasteiger partial charge in [-0.1, -0.05) is 49.3 Å². The number of aromatic hydroxyl groups is 1. The van der Waals surface area contributed by atoms with Gasteiger partial charge in [-0.15, -0.1) is 0 Å². The van der Waals surface area contributed by atoms with E-state index in [1.807, 2.05) is 13.0 Å². The smallest absolute Gasteiger partial charge is 0.352 e. The summed E-state index contributed by atoms with van der Waals surface area (Å²) in [4.78, 5) is 16.8. The minimum absolute atomic E-state index is 0.199. The van der Waals surface area contributed by atoms with E-state index in [2.05, 4.69) is 43.9 Å². The van der Waals surface area contributed by atoms with E-state index in [1.165, 1.54) is 6.21 Å². The van der Waals surface area contributed by atoms with Crippen molar-refractivity contribution in [2.45, 2.75) is 32.3 Å². The predicted molar refractivity (Wildman–Crippen MR) is 134 cm³/mol. The van der Waals surface area contributed by atoms with Gasteiger partial charge in [0.05, 0.1) is 15.2 Å². The third-order valence-electron chi connectivity index (χ3n) is 5.08. The molecule has 3 aromatic carbocycles. The molecule has 0 aliphatic rings. The normalized spacial score (nSPS) is 13.0. The molecule has 0 aliphatic carbocycles. The Bertz CT molecular complexity index is 1130. The van der Waals surface area contributed by atoms with Gasteiger partial charge in [-0.2, -0.15) is 0 Å². The van der Waals surface area contributed by atoms with Gasteiger partial charge in [-0.25, -0.2) is 4.79 Å². The van der Waals surface area contributed by atoms with Crippen molar-refractivity contribution in [3.8, 4) is 17.2 Å². The highest BCUT2D eigenvalue weighted by Crippen LogP contribution is 2.39. The zero-order valence-corrected chi connectivity index (χ0v) is 21.2. The van der Waals surface area contributed by atoms with Crippen LogP contribution in [-0.4, -0.2) is 22.4 Å². The van der Waals surface area contributed by atoms with Crippen LogP contribution in [0.3, 0.4) is 0 Å². The van der Waals surface area contributed by atoms with Crippen molar-refractivity contribution in [2.24, 2.45) is 5.16 Å². The molecule has 172 valence electrons. The standard InChI is InChI=1S/C25H23Br2NO5/c1-3-15(2)19-13-18(9-10-22(19)29)32-24-20(26)11-16(12-21(24)27)14-28-33-23(25(30)31)17-7-5-4-6-8-17/h4-15,23,29H,3H2,1-2H3,(H,30,31)/b28-14+. The van der Waals surface area contributed by atoms with Gasteiger partial charge in [-0.3, -0.25) is 0 Å². The summed E-state index contributed by atoms with van der Waals surface area (Å²) >= 11 is 7.02. The van der Waals surface area contributed by atoms with Crippen LogP contribution in [0.1, 0.15) is 49.0 Å². The molecule has 0 aliphatic heterocycles. The molecule has 8 heteroatoms. The van der Waals surface area contributed by atoms with Crippen LogP contribution in [0.15, 0.2) is 74.8 Å². The Labute approximate surface area is 209 Å². The van der Waals surface area contributed by atoms with Gasteiger partial charge in [0.1, 0.15) is 11.5 Å². The van der Waals surface area contributed by atoms with E-state index in [1.54, 1.807) is 54.6 Å². The number of carboxylic acids is 1. The lowest BCUT2D eigenvalue weighted by Crippen LogP contribution is -2.13. The monoisotopic (exact) mass is 575 g/mol. The Morgan fingerprint density at radius 2 is 1.76 bits per heavy atom. The summed E-state index contributed by atoms with van der Waals surface area (Å²) in [5.74, 6) is 0.471. The molecule has 0 saturated carbocycles. The summed E-state index contributed by atoms with van der Waals surface area (Å²) < 4.78 is 7.38. The average Bonchev–Trinajstić information content (AvgIpc) is 2.80. The van der Waals surface area contributed by atoms with Crippen molar-refractivity contribution in [1.29, 1.82) is 0 Å². The molecule has 0 saturated heterocycles. The first-order valence-corrected chi connectivity index (χ1v) is 11.9. The van der Waals surface area contributed by atoms with Crippen LogP contribution in [0.2, 0.25) is 0 Å². The highest BCUT2D eigenvalue weighted by atomic mass is 79.9. The first-order chi connectivity index (χ1) is 15.8. The van der Waals surface area contributed by atoms with E-state index in [-0.39, 0.29) is 11.7 Å². The van der Waals surface area contributed by atoms with Crippen LogP contribution in [0.25, 0.3) is 0 Å². The van der Waals surface area contributed by atoms with Crippen molar-refractivity contribution < 1.29 is 24.6 Å². The zero-order chi connectivity index (χ0) is 24.0. The zero-order valence-electron chi connectivity index (χ0n) is 18.0. The molecule has 0 bridgehead atoms. The van der Waals surface area contributed by atoms with E-state index in [0.29, 0.717) is 31.6 Å². The SMILES string of the molecule is CCC(C)c1cc(Oc2c(Br)cc(/C=N/OC(C(=O)O)c3ccccc3)cc2Br)ccc1O. The number of aliphatic carboxylic acids is 1. The quantitative estimate of drug-likeness (QED) is 0.205. The molecular weight excluding hydrogens is 554 g/mol. The number of hydrogen-bond donors (Lipinski definition) is 2. The summed E-state index contributed by atoms with van der Waals surface area (Å²) in [7, 11) is 0. The lowest BCUT2D eigenvalue weighted by Gasteiger charge is -2.15. The molecule has 0 fully saturated rings. The molecular formula is C25H23Br2NO5. The second-order valence-electron chi connectivity index (χ2n) is 7.41. The number of rotatable bonds is 9. The lowest BCUT2D eigenvalue weighted by molar-refractivity contribution is -0.150. The lowest BCUT2D eigenvalue weighted by atomic mass is 9.97. The number of ether oxygens (including phenoxy) is 1. The van der Waals surface area contributed by atoms with Gasteiger partial charge < -0.3 is 19.8 Å². The van der Waals surface area contributed by atoms with Crippen molar-refractivity contribution in [3.63, 3.8) is 0 Å². The maximum Gasteiger partial charge on any atom is 0.352 e. The number of carbonyl (C=O) groups is 1. The van der Waals surface area contributed by atoms with Crippen molar-refractivity contribution in [2.75, 3.05) is 0 Å². The Hall–Kier alpha value is -2.84. The Morgan fingerprint density at radius 1 is 1.09 bits per heavy atom. The van der Waals surface area contributed by atoms with Crippen molar-refractivity contribution >= 4 is 44.0 Å². The topological polar surface area (TPSA) is 88.4 Å². The molecule has 6 nitrogen and oxygen atoms in total. The molecule has 0 aromatic heterocycles. The van der Waals surface area contributed by atoms with E-state index >= 15 is 0 Å². The van der Waals surface area contributed by atoms with Crippen LogP contribution >= 0.6 is 31.9 Å². The maximum absolute atomic E-state index is 11.5. The Balaban J connectivity index is 1.77. The van der Waals surface area contributed by atoms with E-state index in [0.717, 1.165) is 12.0 Å². The maximum atomic E-state index is 11.5. The molecule has 2 atom stereocenters. The minimum atomic E-state index is -1.20. The van der Waals surface area contributed by atoms with Crippen LogP contribution < -0.4 is 4.74 Å². The van der Waals surface area contributed by atoms with Crippen molar-refractivity contribution in [3.05, 3.63) is 86.3 Å². The molecule has 0 amide bonds. The molecule has 0 heterocycles. The van der Waals surface area contributed by atoms with Gasteiger partial charge in [-0.05, 0) is 80.1 Å². The highest BCUT2D eigenvalue weighted by molar-refractivity contribution is 9.11. The second-order valence-corrected chi connectivity index (χ2v) is 9.12. The third-order valence-corrected chi connectivity index (χ3v) is 6.26. The van der Waals surface area contributed by atoms with Gasteiger partial charge in [0, 0.05) is 11.1 Å². The van der Waals surface area contributed by atoms with Gasteiger partial charge in [0.15, 0.2) is 5.75 Å². The number of phenolic OH excluding ortho intramolecular Hbond substituents is 1. The first-order valence-electron chi connectivity index (χ1n) is 10.3. The van der Waals surface area contributed by atoms with Crippen molar-refractivity contribution in [1.82, 2.24) is 0 Å². The molecule has 0 radical (unpaired) electrons. The predicted octanol–water partition coefficient (Wildman–Crippen LogP) is 7.40. The second kappa shape index (κ2) is 11.3. The summed E-state index contributed by atoms with van der Waals surface area (Å²) in [6.45, 7) is 4.11. The number of phenols is 1. The molecule has 2 N–H and O–H groups in total. The molecule has 33 heavy (non-hydrogen) atoms. The summed E-state index contributed by atoms with van der Waals surface area (Å²) in [6.07, 6.45) is 1.12. The molecule has 0 spiro atoms. The largest absolute Gasteiger partial charge is 0.508 e. The fraction of sp³-hybridized carbons (Fsp3) is 0.200. The van der Waals surface area contributed by atoms with E-state index in [9.17, 15) is 15.0 Å². The highest BCUT2D eigenvalue weighted by Gasteiger charge is 2.21. The molecule has 3 rings (SSSR count). The number of nitrogens with zero attached hydrogens (tertiary/aromatic N) is 1. The fourth-order valence-corrected chi connectivity index (χ4v) is 4.49. The van der Waals surface area contributed by atoms with E-state index < -0.39 is 12.1 Å². The van der Waals surface area contributed by atoms with Crippen LogP contribution in [0.5, 0.6) is 17.2 Å². The number of oxime groups is 1. The molecule has 2 unspecified atom stereocenters. The van der Waals surface area contributed by atoms with Gasteiger partial charge >= 0.3 is 5.97 Å². The number of carboxylic acid groups (broad SMARTS) is 1. The number of hydrogen-bond acceptors (Lipinski definition) is 5. The van der Waals surface area contributed by atoms with Crippen LogP contribution in [0.4, 0.5) is 0 Å². The average molecular weight is 577 g/mol.